The molecule has 2 rings (SSSR count). The van der Waals surface area contributed by atoms with Crippen LogP contribution in [0.25, 0.3) is 11.0 Å². The van der Waals surface area contributed by atoms with Gasteiger partial charge in [-0.15, -0.1) is 0 Å². The van der Waals surface area contributed by atoms with Gasteiger partial charge in [-0.25, -0.2) is 9.97 Å². The Morgan fingerprint density at radius 1 is 1.32 bits per heavy atom. The van der Waals surface area contributed by atoms with Crippen molar-refractivity contribution >= 4 is 16.9 Å². The highest BCUT2D eigenvalue weighted by Gasteiger charge is 2.29. The van der Waals surface area contributed by atoms with E-state index in [1.807, 2.05) is 6.92 Å². The van der Waals surface area contributed by atoms with Gasteiger partial charge in [-0.3, -0.25) is 0 Å². The van der Waals surface area contributed by atoms with Crippen molar-refractivity contribution in [1.29, 1.82) is 0 Å². The summed E-state index contributed by atoms with van der Waals surface area (Å²) in [6.07, 6.45) is -0.606. The third kappa shape index (κ3) is 3.36. The molecule has 0 aromatic carbocycles. The Kier molecular flexibility index (Phi) is 3.92. The van der Waals surface area contributed by atoms with Crippen molar-refractivity contribution in [3.05, 3.63) is 18.1 Å². The molecular formula is C12H15F3N4. The predicted octanol–water partition coefficient (Wildman–Crippen LogP) is 3.27. The number of H-pyrrole nitrogens is 1. The maximum Gasteiger partial charge on any atom is 0.393 e. The molecule has 19 heavy (non-hydrogen) atoms. The van der Waals surface area contributed by atoms with E-state index >= 15 is 0 Å². The number of aromatic amines is 1. The van der Waals surface area contributed by atoms with Crippen molar-refractivity contribution in [2.75, 3.05) is 11.9 Å². The van der Waals surface area contributed by atoms with Gasteiger partial charge in [-0.05, 0) is 12.0 Å². The zero-order chi connectivity index (χ0) is 13.9. The number of alkyl halides is 3. The number of fused-ring (bicyclic) bond motifs is 1. The van der Waals surface area contributed by atoms with E-state index < -0.39 is 12.6 Å². The van der Waals surface area contributed by atoms with Crippen LogP contribution in [-0.4, -0.2) is 27.7 Å². The Hall–Kier alpha value is -1.79. The summed E-state index contributed by atoms with van der Waals surface area (Å²) >= 11 is 0. The normalized spacial score (nSPS) is 12.0. The third-order valence-electron chi connectivity index (χ3n) is 2.77. The number of hydrogen-bond donors (Lipinski definition) is 2. The second-order valence-corrected chi connectivity index (χ2v) is 4.33. The first-order valence-electron chi connectivity index (χ1n) is 6.13. The molecule has 2 heterocycles. The second-order valence-electron chi connectivity index (χ2n) is 4.33. The lowest BCUT2D eigenvalue weighted by Gasteiger charge is -2.08. The van der Waals surface area contributed by atoms with E-state index in [0.717, 1.165) is 12.8 Å². The molecule has 2 N–H and O–H groups in total. The number of halogens is 3. The summed E-state index contributed by atoms with van der Waals surface area (Å²) < 4.78 is 37.5. The molecular weight excluding hydrogens is 257 g/mol. The first-order chi connectivity index (χ1) is 9.01. The average molecular weight is 272 g/mol. The summed E-state index contributed by atoms with van der Waals surface area (Å²) in [4.78, 5) is 10.7. The molecule has 2 aromatic rings. The molecule has 0 fully saturated rings. The SMILES string of the molecule is CCCCNc1ncnc2[nH]cc(CC(F)(F)F)c12. The lowest BCUT2D eigenvalue weighted by molar-refractivity contribution is -0.126. The summed E-state index contributed by atoms with van der Waals surface area (Å²) in [5.74, 6) is 0.457. The number of aromatic nitrogens is 3. The fourth-order valence-electron chi connectivity index (χ4n) is 1.90. The highest BCUT2D eigenvalue weighted by Crippen LogP contribution is 2.29. The number of unbranched alkanes of at least 4 members (excludes halogenated alkanes) is 1. The van der Waals surface area contributed by atoms with Gasteiger partial charge >= 0.3 is 6.18 Å². The molecule has 0 atom stereocenters. The van der Waals surface area contributed by atoms with Crippen LogP contribution in [0, 0.1) is 0 Å². The van der Waals surface area contributed by atoms with Crippen molar-refractivity contribution < 1.29 is 13.2 Å². The second kappa shape index (κ2) is 5.46. The van der Waals surface area contributed by atoms with Crippen LogP contribution in [0.15, 0.2) is 12.5 Å². The lowest BCUT2D eigenvalue weighted by Crippen LogP contribution is -2.12. The Labute approximate surface area is 108 Å². The maximum absolute atomic E-state index is 12.5. The van der Waals surface area contributed by atoms with Gasteiger partial charge in [0.15, 0.2) is 0 Å². The summed E-state index contributed by atoms with van der Waals surface area (Å²) in [6.45, 7) is 2.72. The zero-order valence-corrected chi connectivity index (χ0v) is 10.5. The number of nitrogens with zero attached hydrogens (tertiary/aromatic N) is 2. The van der Waals surface area contributed by atoms with Crippen LogP contribution in [0.5, 0.6) is 0 Å². The van der Waals surface area contributed by atoms with Gasteiger partial charge in [0.05, 0.1) is 11.8 Å². The Bertz CT molecular complexity index is 547. The van der Waals surface area contributed by atoms with Gasteiger partial charge in [-0.1, -0.05) is 13.3 Å². The predicted molar refractivity (Wildman–Crippen MR) is 67.0 cm³/mol. The van der Waals surface area contributed by atoms with E-state index in [2.05, 4.69) is 20.3 Å². The van der Waals surface area contributed by atoms with Crippen LogP contribution in [0.4, 0.5) is 19.0 Å². The largest absolute Gasteiger partial charge is 0.393 e. The molecule has 0 spiro atoms. The molecule has 7 heteroatoms. The Morgan fingerprint density at radius 2 is 2.11 bits per heavy atom. The van der Waals surface area contributed by atoms with Crippen molar-refractivity contribution in [3.63, 3.8) is 0 Å². The molecule has 104 valence electrons. The van der Waals surface area contributed by atoms with Gasteiger partial charge in [0.25, 0.3) is 0 Å². The Morgan fingerprint density at radius 3 is 2.79 bits per heavy atom. The summed E-state index contributed by atoms with van der Waals surface area (Å²) in [6, 6.07) is 0. The Balaban J connectivity index is 2.32. The van der Waals surface area contributed by atoms with E-state index in [9.17, 15) is 13.2 Å². The fourth-order valence-corrected chi connectivity index (χ4v) is 1.90. The van der Waals surface area contributed by atoms with E-state index in [-0.39, 0.29) is 5.56 Å². The lowest BCUT2D eigenvalue weighted by atomic mass is 10.1. The standard InChI is InChI=1S/C12H15F3N4/c1-2-3-4-16-10-9-8(5-12(13,14)15)6-17-11(9)19-7-18-10/h6-7H,2-5H2,1H3,(H2,16,17,18,19). The molecule has 0 aliphatic rings. The van der Waals surface area contributed by atoms with Gasteiger partial charge < -0.3 is 10.3 Å². The van der Waals surface area contributed by atoms with Crippen molar-refractivity contribution in [3.8, 4) is 0 Å². The van der Waals surface area contributed by atoms with Crippen molar-refractivity contribution in [1.82, 2.24) is 15.0 Å². The first kappa shape index (κ1) is 13.6. The molecule has 0 bridgehead atoms. The van der Waals surface area contributed by atoms with Gasteiger partial charge in [0.2, 0.25) is 0 Å². The summed E-state index contributed by atoms with van der Waals surface area (Å²) in [5, 5.41) is 3.49. The van der Waals surface area contributed by atoms with Crippen molar-refractivity contribution in [2.24, 2.45) is 0 Å². The van der Waals surface area contributed by atoms with E-state index in [0.29, 0.717) is 23.4 Å². The minimum Gasteiger partial charge on any atom is -0.369 e. The molecule has 0 amide bonds. The monoisotopic (exact) mass is 272 g/mol. The highest BCUT2D eigenvalue weighted by molar-refractivity contribution is 5.90. The molecule has 4 nitrogen and oxygen atoms in total. The van der Waals surface area contributed by atoms with Crippen LogP contribution >= 0.6 is 0 Å². The highest BCUT2D eigenvalue weighted by atomic mass is 19.4. The fraction of sp³-hybridized carbons (Fsp3) is 0.500. The third-order valence-corrected chi connectivity index (χ3v) is 2.77. The molecule has 0 aliphatic heterocycles. The number of rotatable bonds is 5. The van der Waals surface area contributed by atoms with Crippen LogP contribution in [0.2, 0.25) is 0 Å². The summed E-state index contributed by atoms with van der Waals surface area (Å²) in [5.41, 5.74) is 0.593. The van der Waals surface area contributed by atoms with E-state index in [1.165, 1.54) is 12.5 Å². The van der Waals surface area contributed by atoms with E-state index in [4.69, 9.17) is 0 Å². The van der Waals surface area contributed by atoms with Crippen LogP contribution in [-0.2, 0) is 6.42 Å². The maximum atomic E-state index is 12.5. The van der Waals surface area contributed by atoms with Gasteiger partial charge in [-0.2, -0.15) is 13.2 Å². The van der Waals surface area contributed by atoms with Crippen molar-refractivity contribution in [2.45, 2.75) is 32.4 Å². The quantitative estimate of drug-likeness (QED) is 0.821. The minimum absolute atomic E-state index is 0.169. The molecule has 0 saturated carbocycles. The summed E-state index contributed by atoms with van der Waals surface area (Å²) in [7, 11) is 0. The molecule has 0 aliphatic carbocycles. The number of anilines is 1. The molecule has 0 unspecified atom stereocenters. The minimum atomic E-state index is -4.24. The first-order valence-corrected chi connectivity index (χ1v) is 6.13. The topological polar surface area (TPSA) is 53.6 Å². The van der Waals surface area contributed by atoms with E-state index in [1.54, 1.807) is 0 Å². The smallest absolute Gasteiger partial charge is 0.369 e. The number of nitrogens with one attached hydrogen (secondary N) is 2. The molecule has 0 saturated heterocycles. The van der Waals surface area contributed by atoms with Gasteiger partial charge in [0, 0.05) is 12.7 Å². The zero-order valence-electron chi connectivity index (χ0n) is 10.5. The van der Waals surface area contributed by atoms with Crippen LogP contribution in [0.3, 0.4) is 0 Å². The van der Waals surface area contributed by atoms with Crippen LogP contribution < -0.4 is 5.32 Å². The average Bonchev–Trinajstić information content (AvgIpc) is 2.72. The number of hydrogen-bond acceptors (Lipinski definition) is 3. The molecule has 2 aromatic heterocycles. The molecule has 0 radical (unpaired) electrons. The van der Waals surface area contributed by atoms with Gasteiger partial charge in [0.1, 0.15) is 17.8 Å². The van der Waals surface area contributed by atoms with Crippen LogP contribution in [0.1, 0.15) is 25.3 Å².